The Hall–Kier alpha value is -0.0500. The van der Waals surface area contributed by atoms with Gasteiger partial charge >= 0.3 is 7.82 Å². The number of aliphatic hydroxyl groups is 1. The highest BCUT2D eigenvalue weighted by atomic mass is 31.2. The van der Waals surface area contributed by atoms with Crippen molar-refractivity contribution in [3.8, 4) is 0 Å². The molecule has 0 aromatic carbocycles. The molecule has 3 atom stereocenters. The number of hydrogen-bond acceptors (Lipinski definition) is 7. The van der Waals surface area contributed by atoms with E-state index in [9.17, 15) is 14.6 Å². The monoisotopic (exact) mass is 567 g/mol. The fraction of sp³-hybridized carbons (Fsp3) is 1.00. The molecule has 0 aromatic rings. The molecule has 0 radical (unpaired) electrons. The Balaban J connectivity index is 3.45. The number of phosphoric ester groups is 1. The third kappa shape index (κ3) is 27.5. The fourth-order valence-electron chi connectivity index (χ4n) is 4.49. The Morgan fingerprint density at radius 1 is 0.684 bits per heavy atom. The van der Waals surface area contributed by atoms with E-state index in [1.165, 1.54) is 116 Å². The van der Waals surface area contributed by atoms with Crippen molar-refractivity contribution in [1.82, 2.24) is 0 Å². The maximum Gasteiger partial charge on any atom is 0.472 e. The first-order valence-electron chi connectivity index (χ1n) is 15.6. The molecule has 4 N–H and O–H groups in total. The average Bonchev–Trinajstić information content (AvgIpc) is 2.91. The van der Waals surface area contributed by atoms with Crippen molar-refractivity contribution in [1.29, 1.82) is 0 Å². The Morgan fingerprint density at radius 3 is 1.55 bits per heavy atom. The fourth-order valence-corrected chi connectivity index (χ4v) is 5.26. The molecular formula is C29H62NO7P. The van der Waals surface area contributed by atoms with Gasteiger partial charge in [-0.15, -0.1) is 0 Å². The quantitative estimate of drug-likeness (QED) is 0.0590. The topological polar surface area (TPSA) is 120 Å². The van der Waals surface area contributed by atoms with E-state index in [-0.39, 0.29) is 32.5 Å². The minimum atomic E-state index is -4.18. The van der Waals surface area contributed by atoms with E-state index in [0.717, 1.165) is 12.8 Å². The van der Waals surface area contributed by atoms with Crippen LogP contribution in [0.2, 0.25) is 0 Å². The van der Waals surface area contributed by atoms with Gasteiger partial charge in [-0.1, -0.05) is 129 Å². The maximum absolute atomic E-state index is 11.5. The van der Waals surface area contributed by atoms with Crippen LogP contribution in [0.15, 0.2) is 0 Å². The number of hydrogen-bond donors (Lipinski definition) is 3. The summed E-state index contributed by atoms with van der Waals surface area (Å²) in [5.41, 5.74) is 5.22. The number of ether oxygens (including phenoxy) is 2. The maximum atomic E-state index is 11.5. The number of rotatable bonds is 31. The molecule has 0 bridgehead atoms. The van der Waals surface area contributed by atoms with Crippen molar-refractivity contribution in [2.75, 3.05) is 40.1 Å². The molecule has 0 rings (SSSR count). The molecule has 0 fully saturated rings. The lowest BCUT2D eigenvalue weighted by atomic mass is 10.0. The summed E-state index contributed by atoms with van der Waals surface area (Å²) in [5, 5.41) is 9.87. The molecule has 2 unspecified atom stereocenters. The first kappa shape index (κ1) is 38.0. The van der Waals surface area contributed by atoms with Crippen LogP contribution in [0, 0.1) is 0 Å². The summed E-state index contributed by atoms with van der Waals surface area (Å²) >= 11 is 0. The highest BCUT2D eigenvalue weighted by molar-refractivity contribution is 7.47. The van der Waals surface area contributed by atoms with Gasteiger partial charge in [-0.3, -0.25) is 9.05 Å². The third-order valence-electron chi connectivity index (χ3n) is 6.88. The van der Waals surface area contributed by atoms with Crippen molar-refractivity contribution in [2.24, 2.45) is 5.73 Å². The van der Waals surface area contributed by atoms with Crippen molar-refractivity contribution < 1.29 is 33.1 Å². The highest BCUT2D eigenvalue weighted by Gasteiger charge is 2.22. The van der Waals surface area contributed by atoms with Crippen molar-refractivity contribution in [3.05, 3.63) is 0 Å². The molecule has 0 aliphatic carbocycles. The van der Waals surface area contributed by atoms with Gasteiger partial charge in [0.15, 0.2) is 0 Å². The van der Waals surface area contributed by atoms with Gasteiger partial charge in [0.05, 0.1) is 32.5 Å². The van der Waals surface area contributed by atoms with Gasteiger partial charge in [-0.05, 0) is 6.42 Å². The minimum absolute atomic E-state index is 0.00403. The van der Waals surface area contributed by atoms with Crippen LogP contribution in [-0.4, -0.2) is 62.3 Å². The summed E-state index contributed by atoms with van der Waals surface area (Å²) in [5.74, 6) is 0. The first-order chi connectivity index (χ1) is 18.4. The molecule has 0 aliphatic rings. The van der Waals surface area contributed by atoms with Crippen LogP contribution in [-0.2, 0) is 23.1 Å². The van der Waals surface area contributed by atoms with Crippen LogP contribution in [0.4, 0.5) is 0 Å². The largest absolute Gasteiger partial charge is 0.472 e. The molecule has 9 heteroatoms. The Kier molecular flexibility index (Phi) is 28.4. The van der Waals surface area contributed by atoms with Crippen LogP contribution in [0.3, 0.4) is 0 Å². The van der Waals surface area contributed by atoms with Crippen LogP contribution >= 0.6 is 7.82 Å². The van der Waals surface area contributed by atoms with Crippen LogP contribution in [0.25, 0.3) is 0 Å². The molecule has 230 valence electrons. The number of phosphoric acid groups is 1. The van der Waals surface area contributed by atoms with Gasteiger partial charge in [-0.2, -0.15) is 0 Å². The molecule has 0 aliphatic heterocycles. The SMILES string of the molecule is CCCCCCCCCCCCCCCCCCCCCC(COC[C@@H](O)COP(=O)(O)OCCN)OC. The van der Waals surface area contributed by atoms with E-state index < -0.39 is 13.9 Å². The minimum Gasteiger partial charge on any atom is -0.388 e. The van der Waals surface area contributed by atoms with E-state index in [2.05, 4.69) is 11.4 Å². The van der Waals surface area contributed by atoms with E-state index in [1.807, 2.05) is 0 Å². The number of nitrogens with two attached hydrogens (primary N) is 1. The zero-order valence-electron chi connectivity index (χ0n) is 24.8. The summed E-state index contributed by atoms with van der Waals surface area (Å²) in [4.78, 5) is 9.41. The predicted octanol–water partition coefficient (Wildman–Crippen LogP) is 7.29. The lowest BCUT2D eigenvalue weighted by Gasteiger charge is -2.18. The number of methoxy groups -OCH3 is 1. The van der Waals surface area contributed by atoms with E-state index in [4.69, 9.17) is 19.7 Å². The molecule has 0 spiro atoms. The molecule has 0 amide bonds. The lowest BCUT2D eigenvalue weighted by molar-refractivity contribution is -0.0386. The summed E-state index contributed by atoms with van der Waals surface area (Å²) in [6, 6.07) is 0. The van der Waals surface area contributed by atoms with Gasteiger partial charge in [0.25, 0.3) is 0 Å². The lowest BCUT2D eigenvalue weighted by Crippen LogP contribution is -2.26. The molecular weight excluding hydrogens is 505 g/mol. The summed E-state index contributed by atoms with van der Waals surface area (Å²) in [7, 11) is -2.52. The molecule has 38 heavy (non-hydrogen) atoms. The smallest absolute Gasteiger partial charge is 0.388 e. The Labute approximate surface area is 234 Å². The van der Waals surface area contributed by atoms with Gasteiger partial charge in [-0.25, -0.2) is 4.57 Å². The second kappa shape index (κ2) is 28.5. The Bertz CT molecular complexity index is 527. The van der Waals surface area contributed by atoms with Crippen LogP contribution in [0.1, 0.15) is 135 Å². The van der Waals surface area contributed by atoms with E-state index in [0.29, 0.717) is 6.61 Å². The molecule has 0 heterocycles. The van der Waals surface area contributed by atoms with Gasteiger partial charge < -0.3 is 25.2 Å². The van der Waals surface area contributed by atoms with Gasteiger partial charge in [0.1, 0.15) is 6.10 Å². The summed E-state index contributed by atoms with van der Waals surface area (Å²) < 4.78 is 31.8. The molecule has 0 saturated carbocycles. The second-order valence-corrected chi connectivity index (χ2v) is 12.0. The van der Waals surface area contributed by atoms with E-state index >= 15 is 0 Å². The number of unbranched alkanes of at least 4 members (excludes halogenated alkanes) is 18. The molecule has 8 nitrogen and oxygen atoms in total. The molecule has 0 saturated heterocycles. The summed E-state index contributed by atoms with van der Waals surface area (Å²) in [6.45, 7) is 2.31. The average molecular weight is 568 g/mol. The van der Waals surface area contributed by atoms with E-state index in [1.54, 1.807) is 7.11 Å². The third-order valence-corrected chi connectivity index (χ3v) is 7.86. The number of aliphatic hydroxyl groups excluding tert-OH is 1. The van der Waals surface area contributed by atoms with Crippen molar-refractivity contribution in [2.45, 2.75) is 148 Å². The molecule has 0 aromatic heterocycles. The zero-order chi connectivity index (χ0) is 28.2. The second-order valence-electron chi connectivity index (χ2n) is 10.6. The summed E-state index contributed by atoms with van der Waals surface area (Å²) in [6.07, 6.45) is 25.8. The zero-order valence-corrected chi connectivity index (χ0v) is 25.7. The van der Waals surface area contributed by atoms with Gasteiger partial charge in [0.2, 0.25) is 0 Å². The standard InChI is InChI=1S/C29H62NO7P/c1-3-4-5-6-7-8-9-10-11-12-13-14-15-16-17-18-19-20-21-22-29(34-2)27-35-25-28(31)26-37-38(32,33)36-24-23-30/h28-29,31H,3-27,30H2,1-2H3,(H,32,33)/t28-,29?/m1/s1. The Morgan fingerprint density at radius 2 is 1.13 bits per heavy atom. The van der Waals surface area contributed by atoms with Crippen LogP contribution in [0.5, 0.6) is 0 Å². The van der Waals surface area contributed by atoms with Gasteiger partial charge in [0, 0.05) is 13.7 Å². The van der Waals surface area contributed by atoms with Crippen molar-refractivity contribution >= 4 is 7.82 Å². The van der Waals surface area contributed by atoms with Crippen LogP contribution < -0.4 is 5.73 Å². The van der Waals surface area contributed by atoms with Crippen molar-refractivity contribution in [3.63, 3.8) is 0 Å². The predicted molar refractivity (Wildman–Crippen MR) is 156 cm³/mol. The normalized spacial score (nSPS) is 15.0. The highest BCUT2D eigenvalue weighted by Crippen LogP contribution is 2.42. The first-order valence-corrected chi connectivity index (χ1v) is 17.0.